The van der Waals surface area contributed by atoms with Gasteiger partial charge in [-0.3, -0.25) is 0 Å². The van der Waals surface area contributed by atoms with Crippen molar-refractivity contribution in [1.82, 2.24) is 15.0 Å². The molecule has 0 radical (unpaired) electrons. The first-order chi connectivity index (χ1) is 10.1. The minimum Gasteiger partial charge on any atom is -0.368 e. The molecule has 6 nitrogen and oxygen atoms in total. The Balaban J connectivity index is 2.23. The summed E-state index contributed by atoms with van der Waals surface area (Å²) >= 11 is 11.9. The van der Waals surface area contributed by atoms with Gasteiger partial charge >= 0.3 is 0 Å². The molecule has 0 aliphatic carbocycles. The molecule has 106 valence electrons. The maximum Gasteiger partial charge on any atom is 0.222 e. The number of pyridine rings is 1. The van der Waals surface area contributed by atoms with Crippen molar-refractivity contribution in [3.8, 4) is 11.1 Å². The Hall–Kier alpha value is -2.15. The van der Waals surface area contributed by atoms with Crippen molar-refractivity contribution < 1.29 is 0 Å². The zero-order valence-electron chi connectivity index (χ0n) is 10.6. The van der Waals surface area contributed by atoms with E-state index in [0.717, 1.165) is 16.5 Å². The summed E-state index contributed by atoms with van der Waals surface area (Å²) in [5.41, 5.74) is 10.4. The molecule has 2 heterocycles. The first-order valence-corrected chi connectivity index (χ1v) is 6.70. The highest BCUT2D eigenvalue weighted by Crippen LogP contribution is 2.31. The highest BCUT2D eigenvalue weighted by molar-refractivity contribution is 6.34. The van der Waals surface area contributed by atoms with Crippen molar-refractivity contribution in [2.75, 3.05) is 11.2 Å². The molecule has 8 heteroatoms. The van der Waals surface area contributed by atoms with E-state index in [1.54, 1.807) is 12.1 Å². The predicted molar refractivity (Wildman–Crippen MR) is 85.0 cm³/mol. The Morgan fingerprint density at radius 3 is 2.52 bits per heavy atom. The van der Waals surface area contributed by atoms with Crippen molar-refractivity contribution in [1.29, 1.82) is 0 Å². The van der Waals surface area contributed by atoms with E-state index in [4.69, 9.17) is 34.8 Å². The number of benzene rings is 1. The average molecular weight is 321 g/mol. The van der Waals surface area contributed by atoms with E-state index in [1.165, 1.54) is 0 Å². The van der Waals surface area contributed by atoms with Crippen LogP contribution >= 0.6 is 23.2 Å². The predicted octanol–water partition coefficient (Wildman–Crippen LogP) is 2.87. The zero-order chi connectivity index (χ0) is 15.0. The molecular formula is C13H10Cl2N6. The quantitative estimate of drug-likeness (QED) is 0.381. The second kappa shape index (κ2) is 5.33. The summed E-state index contributed by atoms with van der Waals surface area (Å²) in [5, 5.41) is 1.39. The number of nitrogens with two attached hydrogens (primary N) is 2. The molecule has 0 saturated heterocycles. The molecular weight excluding hydrogens is 311 g/mol. The van der Waals surface area contributed by atoms with Gasteiger partial charge in [0.15, 0.2) is 5.82 Å². The molecule has 0 aliphatic heterocycles. The van der Waals surface area contributed by atoms with Crippen LogP contribution in [0.5, 0.6) is 0 Å². The zero-order valence-corrected chi connectivity index (χ0v) is 12.2. The van der Waals surface area contributed by atoms with Gasteiger partial charge in [-0.15, -0.1) is 0 Å². The third-order valence-corrected chi connectivity index (χ3v) is 3.47. The van der Waals surface area contributed by atoms with Gasteiger partial charge in [-0.1, -0.05) is 29.3 Å². The molecule has 5 N–H and O–H groups in total. The molecule has 0 spiro atoms. The van der Waals surface area contributed by atoms with Crippen LogP contribution in [-0.4, -0.2) is 15.0 Å². The fourth-order valence-electron chi connectivity index (χ4n) is 2.05. The number of aromatic nitrogens is 3. The van der Waals surface area contributed by atoms with Crippen molar-refractivity contribution in [3.63, 3.8) is 0 Å². The van der Waals surface area contributed by atoms with Gasteiger partial charge in [0.1, 0.15) is 10.3 Å². The molecule has 3 rings (SSSR count). The van der Waals surface area contributed by atoms with E-state index in [2.05, 4.69) is 20.4 Å². The smallest absolute Gasteiger partial charge is 0.222 e. The fraction of sp³-hybridized carbons (Fsp3) is 0. The van der Waals surface area contributed by atoms with Crippen LogP contribution in [0, 0.1) is 0 Å². The summed E-state index contributed by atoms with van der Waals surface area (Å²) in [5.74, 6) is 6.06. The summed E-state index contributed by atoms with van der Waals surface area (Å²) in [6, 6.07) is 9.02. The first-order valence-electron chi connectivity index (χ1n) is 5.95. The number of nitrogens with zero attached hydrogens (tertiary/aromatic N) is 3. The van der Waals surface area contributed by atoms with Gasteiger partial charge in [0.2, 0.25) is 5.95 Å². The van der Waals surface area contributed by atoms with Gasteiger partial charge in [0, 0.05) is 10.9 Å². The van der Waals surface area contributed by atoms with E-state index < -0.39 is 0 Å². The van der Waals surface area contributed by atoms with Crippen molar-refractivity contribution >= 4 is 45.9 Å². The first kappa shape index (κ1) is 13.8. The van der Waals surface area contributed by atoms with Gasteiger partial charge < -0.3 is 11.2 Å². The van der Waals surface area contributed by atoms with E-state index in [9.17, 15) is 0 Å². The molecule has 2 aromatic heterocycles. The monoisotopic (exact) mass is 320 g/mol. The normalized spacial score (nSPS) is 10.8. The highest BCUT2D eigenvalue weighted by Gasteiger charge is 2.10. The second-order valence-electron chi connectivity index (χ2n) is 4.28. The third kappa shape index (κ3) is 2.56. The molecule has 0 unspecified atom stereocenters. The van der Waals surface area contributed by atoms with E-state index in [-0.39, 0.29) is 5.95 Å². The lowest BCUT2D eigenvalue weighted by Gasteiger charge is -2.09. The molecule has 3 aromatic rings. The van der Waals surface area contributed by atoms with E-state index in [1.807, 2.05) is 18.2 Å². The van der Waals surface area contributed by atoms with Gasteiger partial charge in [-0.2, -0.15) is 4.98 Å². The summed E-state index contributed by atoms with van der Waals surface area (Å²) in [6.07, 6.45) is 0. The minimum atomic E-state index is 0.148. The summed E-state index contributed by atoms with van der Waals surface area (Å²) in [7, 11) is 0. The van der Waals surface area contributed by atoms with Crippen LogP contribution in [0.2, 0.25) is 10.3 Å². The van der Waals surface area contributed by atoms with Crippen LogP contribution in [-0.2, 0) is 0 Å². The van der Waals surface area contributed by atoms with Crippen LogP contribution in [0.4, 0.5) is 11.8 Å². The maximum atomic E-state index is 6.13. The summed E-state index contributed by atoms with van der Waals surface area (Å²) in [6.45, 7) is 0. The Kier molecular flexibility index (Phi) is 3.50. The van der Waals surface area contributed by atoms with Gasteiger partial charge in [-0.05, 0) is 29.8 Å². The third-order valence-electron chi connectivity index (χ3n) is 2.98. The molecule has 1 aromatic carbocycles. The minimum absolute atomic E-state index is 0.148. The number of fused-ring (bicyclic) bond motifs is 1. The number of anilines is 2. The number of nitrogen functional groups attached to an aromatic ring is 2. The van der Waals surface area contributed by atoms with Crippen LogP contribution < -0.4 is 17.0 Å². The van der Waals surface area contributed by atoms with Gasteiger partial charge in [0.25, 0.3) is 0 Å². The van der Waals surface area contributed by atoms with Gasteiger partial charge in [0.05, 0.1) is 5.52 Å². The van der Waals surface area contributed by atoms with Crippen LogP contribution in [0.1, 0.15) is 0 Å². The number of hydrogen-bond acceptors (Lipinski definition) is 6. The molecule has 0 fully saturated rings. The van der Waals surface area contributed by atoms with Crippen molar-refractivity contribution in [3.05, 3.63) is 40.6 Å². The molecule has 0 amide bonds. The molecule has 0 saturated carbocycles. The molecule has 0 aliphatic rings. The lowest BCUT2D eigenvalue weighted by Crippen LogP contribution is -2.11. The number of halogens is 2. The summed E-state index contributed by atoms with van der Waals surface area (Å²) in [4.78, 5) is 12.2. The second-order valence-corrected chi connectivity index (χ2v) is 5.02. The molecule has 0 bridgehead atoms. The Bertz CT molecular complexity index is 836. The molecule has 21 heavy (non-hydrogen) atoms. The standard InChI is InChI=1S/C13H10Cl2N6/c14-10-4-2-7(11(15)19-10)6-1-3-9-8(5-6)12(21-17)20-13(16)18-9/h1-5H,17H2,(H3,16,18,20,21). The Morgan fingerprint density at radius 1 is 1.00 bits per heavy atom. The number of hydrogen-bond donors (Lipinski definition) is 3. The van der Waals surface area contributed by atoms with Crippen LogP contribution in [0.3, 0.4) is 0 Å². The molecule has 0 atom stereocenters. The van der Waals surface area contributed by atoms with E-state index >= 15 is 0 Å². The van der Waals surface area contributed by atoms with Crippen LogP contribution in [0.15, 0.2) is 30.3 Å². The number of hydrazine groups is 1. The average Bonchev–Trinajstić information content (AvgIpc) is 2.46. The largest absolute Gasteiger partial charge is 0.368 e. The highest BCUT2D eigenvalue weighted by atomic mass is 35.5. The Morgan fingerprint density at radius 2 is 1.81 bits per heavy atom. The topological polar surface area (TPSA) is 103 Å². The SMILES string of the molecule is NNc1nc(N)nc2ccc(-c3ccc(Cl)nc3Cl)cc12. The Labute approximate surface area is 130 Å². The van der Waals surface area contributed by atoms with Crippen molar-refractivity contribution in [2.24, 2.45) is 5.84 Å². The van der Waals surface area contributed by atoms with Crippen molar-refractivity contribution in [2.45, 2.75) is 0 Å². The van der Waals surface area contributed by atoms with E-state index in [0.29, 0.717) is 21.6 Å². The van der Waals surface area contributed by atoms with Crippen LogP contribution in [0.25, 0.3) is 22.0 Å². The summed E-state index contributed by atoms with van der Waals surface area (Å²) < 4.78 is 0. The number of rotatable bonds is 2. The number of nitrogens with one attached hydrogen (secondary N) is 1. The maximum absolute atomic E-state index is 6.13. The lowest BCUT2D eigenvalue weighted by atomic mass is 10.1. The van der Waals surface area contributed by atoms with Gasteiger partial charge in [-0.25, -0.2) is 15.8 Å². The lowest BCUT2D eigenvalue weighted by molar-refractivity contribution is 1.19. The fourth-order valence-corrected chi connectivity index (χ4v) is 2.51.